The largest absolute Gasteiger partial charge is 0.324 e. The van der Waals surface area contributed by atoms with Crippen molar-refractivity contribution in [1.82, 2.24) is 9.78 Å². The second kappa shape index (κ2) is 7.23. The fraction of sp³-hybridized carbons (Fsp3) is 0.0526. The number of amides is 1. The third kappa shape index (κ3) is 3.98. The standard InChI is InChI=1S/C19H14N4O2/c20-12-14-6-8-16(9-7-14)21-18(24)13-23-19(25)11-10-17(22-23)15-4-2-1-3-5-15/h1-11H,13H2,(H,21,24). The number of rotatable bonds is 4. The summed E-state index contributed by atoms with van der Waals surface area (Å²) in [7, 11) is 0. The van der Waals surface area contributed by atoms with Gasteiger partial charge < -0.3 is 5.32 Å². The van der Waals surface area contributed by atoms with Gasteiger partial charge in [-0.25, -0.2) is 4.68 Å². The molecule has 6 heteroatoms. The summed E-state index contributed by atoms with van der Waals surface area (Å²) in [5.41, 5.74) is 2.19. The van der Waals surface area contributed by atoms with Crippen LogP contribution in [0.15, 0.2) is 71.5 Å². The minimum absolute atomic E-state index is 0.195. The van der Waals surface area contributed by atoms with Crippen molar-refractivity contribution >= 4 is 11.6 Å². The molecule has 1 aromatic heterocycles. The highest BCUT2D eigenvalue weighted by atomic mass is 16.2. The van der Waals surface area contributed by atoms with Crippen LogP contribution >= 0.6 is 0 Å². The Morgan fingerprint density at radius 3 is 2.44 bits per heavy atom. The monoisotopic (exact) mass is 330 g/mol. The van der Waals surface area contributed by atoms with Crippen molar-refractivity contribution in [2.75, 3.05) is 5.32 Å². The van der Waals surface area contributed by atoms with Crippen molar-refractivity contribution in [2.45, 2.75) is 6.54 Å². The van der Waals surface area contributed by atoms with Crippen molar-refractivity contribution in [3.63, 3.8) is 0 Å². The van der Waals surface area contributed by atoms with Gasteiger partial charge in [0, 0.05) is 17.3 Å². The van der Waals surface area contributed by atoms with Crippen molar-refractivity contribution in [3.05, 3.63) is 82.6 Å². The van der Waals surface area contributed by atoms with Crippen LogP contribution < -0.4 is 10.9 Å². The maximum absolute atomic E-state index is 12.2. The quantitative estimate of drug-likeness (QED) is 0.796. The van der Waals surface area contributed by atoms with Gasteiger partial charge in [0.1, 0.15) is 6.54 Å². The molecule has 0 saturated carbocycles. The number of aromatic nitrogens is 2. The zero-order valence-corrected chi connectivity index (χ0v) is 13.2. The molecule has 1 N–H and O–H groups in total. The summed E-state index contributed by atoms with van der Waals surface area (Å²) in [4.78, 5) is 24.1. The molecule has 2 aromatic carbocycles. The number of carbonyl (C=O) groups is 1. The van der Waals surface area contributed by atoms with E-state index in [1.807, 2.05) is 36.4 Å². The second-order valence-electron chi connectivity index (χ2n) is 5.32. The maximum Gasteiger partial charge on any atom is 0.267 e. The van der Waals surface area contributed by atoms with Crippen LogP contribution in [0.1, 0.15) is 5.56 Å². The van der Waals surface area contributed by atoms with E-state index < -0.39 is 0 Å². The summed E-state index contributed by atoms with van der Waals surface area (Å²) < 4.78 is 1.13. The van der Waals surface area contributed by atoms with Gasteiger partial charge in [-0.1, -0.05) is 30.3 Å². The normalized spacial score (nSPS) is 10.0. The van der Waals surface area contributed by atoms with Gasteiger partial charge in [-0.05, 0) is 30.3 Å². The molecule has 0 atom stereocenters. The van der Waals surface area contributed by atoms with Crippen molar-refractivity contribution < 1.29 is 4.79 Å². The first-order valence-electron chi connectivity index (χ1n) is 7.59. The summed E-state index contributed by atoms with van der Waals surface area (Å²) >= 11 is 0. The number of benzene rings is 2. The Morgan fingerprint density at radius 1 is 1.04 bits per heavy atom. The Bertz CT molecular complexity index is 986. The van der Waals surface area contributed by atoms with E-state index in [4.69, 9.17) is 5.26 Å². The first-order valence-corrected chi connectivity index (χ1v) is 7.59. The van der Waals surface area contributed by atoms with Crippen LogP contribution in [0, 0.1) is 11.3 Å². The minimum Gasteiger partial charge on any atom is -0.324 e. The molecule has 0 fully saturated rings. The molecule has 0 aliphatic carbocycles. The summed E-state index contributed by atoms with van der Waals surface area (Å²) in [6.45, 7) is -0.195. The predicted molar refractivity (Wildman–Crippen MR) is 93.7 cm³/mol. The molecule has 6 nitrogen and oxygen atoms in total. The average molecular weight is 330 g/mol. The second-order valence-corrected chi connectivity index (χ2v) is 5.32. The Morgan fingerprint density at radius 2 is 1.76 bits per heavy atom. The number of nitriles is 1. The highest BCUT2D eigenvalue weighted by Crippen LogP contribution is 2.14. The molecular formula is C19H14N4O2. The van der Waals surface area contributed by atoms with Gasteiger partial charge >= 0.3 is 0 Å². The number of nitrogens with zero attached hydrogens (tertiary/aromatic N) is 3. The number of hydrogen-bond acceptors (Lipinski definition) is 4. The Kier molecular flexibility index (Phi) is 4.67. The van der Waals surface area contributed by atoms with Gasteiger partial charge in [-0.2, -0.15) is 10.4 Å². The third-order valence-electron chi connectivity index (χ3n) is 3.53. The lowest BCUT2D eigenvalue weighted by Crippen LogP contribution is -2.29. The van der Waals surface area contributed by atoms with Crippen LogP contribution in [0.25, 0.3) is 11.3 Å². The average Bonchev–Trinajstić information content (AvgIpc) is 2.65. The minimum atomic E-state index is -0.371. The number of anilines is 1. The molecule has 0 spiro atoms. The molecule has 0 radical (unpaired) electrons. The van der Waals surface area contributed by atoms with Gasteiger partial charge in [-0.15, -0.1) is 0 Å². The smallest absolute Gasteiger partial charge is 0.267 e. The SMILES string of the molecule is N#Cc1ccc(NC(=O)Cn2nc(-c3ccccc3)ccc2=O)cc1. The Balaban J connectivity index is 1.76. The summed E-state index contributed by atoms with van der Waals surface area (Å²) in [5, 5.41) is 15.7. The number of carbonyl (C=O) groups excluding carboxylic acids is 1. The summed E-state index contributed by atoms with van der Waals surface area (Å²) in [5.74, 6) is -0.371. The van der Waals surface area contributed by atoms with Gasteiger partial charge in [-0.3, -0.25) is 9.59 Å². The van der Waals surface area contributed by atoms with Crippen LogP contribution in [0.5, 0.6) is 0 Å². The molecule has 1 amide bonds. The summed E-state index contributed by atoms with van der Waals surface area (Å²) in [6.07, 6.45) is 0. The Labute approximate surface area is 144 Å². The number of hydrogen-bond donors (Lipinski definition) is 1. The van der Waals surface area contributed by atoms with Gasteiger partial charge in [0.25, 0.3) is 5.56 Å². The first-order chi connectivity index (χ1) is 12.2. The van der Waals surface area contributed by atoms with Gasteiger partial charge in [0.15, 0.2) is 0 Å². The molecule has 3 aromatic rings. The van der Waals surface area contributed by atoms with Gasteiger partial charge in [0.2, 0.25) is 5.91 Å². The van der Waals surface area contributed by atoms with Crippen LogP contribution in [-0.4, -0.2) is 15.7 Å². The maximum atomic E-state index is 12.2. The molecular weight excluding hydrogens is 316 g/mol. The van der Waals surface area contributed by atoms with E-state index in [0.29, 0.717) is 16.9 Å². The molecule has 122 valence electrons. The predicted octanol–water partition coefficient (Wildman–Crippen LogP) is 2.42. The van der Waals surface area contributed by atoms with E-state index in [9.17, 15) is 9.59 Å². The highest BCUT2D eigenvalue weighted by Gasteiger charge is 2.08. The van der Waals surface area contributed by atoms with Crippen LogP contribution in [0.4, 0.5) is 5.69 Å². The molecule has 0 saturated heterocycles. The zero-order chi connectivity index (χ0) is 17.6. The van der Waals surface area contributed by atoms with Crippen LogP contribution in [-0.2, 0) is 11.3 Å². The fourth-order valence-corrected chi connectivity index (χ4v) is 2.29. The van der Waals surface area contributed by atoms with E-state index in [2.05, 4.69) is 10.4 Å². The molecule has 0 unspecified atom stereocenters. The van der Waals surface area contributed by atoms with Gasteiger partial charge in [0.05, 0.1) is 17.3 Å². The van der Waals surface area contributed by atoms with Crippen molar-refractivity contribution in [1.29, 1.82) is 5.26 Å². The molecule has 3 rings (SSSR count). The Hall–Kier alpha value is -3.72. The van der Waals surface area contributed by atoms with E-state index in [1.165, 1.54) is 6.07 Å². The lowest BCUT2D eigenvalue weighted by atomic mass is 10.1. The van der Waals surface area contributed by atoms with E-state index in [-0.39, 0.29) is 18.0 Å². The highest BCUT2D eigenvalue weighted by molar-refractivity contribution is 5.90. The first kappa shape index (κ1) is 16.1. The molecule has 25 heavy (non-hydrogen) atoms. The fourth-order valence-electron chi connectivity index (χ4n) is 2.29. The summed E-state index contributed by atoms with van der Waals surface area (Å²) in [6, 6.07) is 20.9. The van der Waals surface area contributed by atoms with E-state index in [0.717, 1.165) is 10.2 Å². The zero-order valence-electron chi connectivity index (χ0n) is 13.2. The topological polar surface area (TPSA) is 87.8 Å². The van der Waals surface area contributed by atoms with Crippen molar-refractivity contribution in [2.24, 2.45) is 0 Å². The molecule has 0 aliphatic rings. The number of nitrogens with one attached hydrogen (secondary N) is 1. The van der Waals surface area contributed by atoms with E-state index >= 15 is 0 Å². The van der Waals surface area contributed by atoms with Crippen LogP contribution in [0.2, 0.25) is 0 Å². The lowest BCUT2D eigenvalue weighted by molar-refractivity contribution is -0.117. The molecule has 1 heterocycles. The molecule has 0 bridgehead atoms. The third-order valence-corrected chi connectivity index (χ3v) is 3.53. The van der Waals surface area contributed by atoms with E-state index in [1.54, 1.807) is 30.3 Å². The molecule has 0 aliphatic heterocycles. The van der Waals surface area contributed by atoms with Crippen molar-refractivity contribution in [3.8, 4) is 17.3 Å². The lowest BCUT2D eigenvalue weighted by Gasteiger charge is -2.08. The van der Waals surface area contributed by atoms with Crippen LogP contribution in [0.3, 0.4) is 0 Å².